The largest absolute Gasteiger partial charge is 0.493 e. The Kier molecular flexibility index (Phi) is 7.88. The van der Waals surface area contributed by atoms with Gasteiger partial charge in [-0.25, -0.2) is 4.79 Å². The molecule has 2 aliphatic heterocycles. The highest BCUT2D eigenvalue weighted by Crippen LogP contribution is 2.40. The molecule has 0 bridgehead atoms. The fourth-order valence-electron chi connectivity index (χ4n) is 5.69. The van der Waals surface area contributed by atoms with Gasteiger partial charge in [-0.3, -0.25) is 0 Å². The zero-order valence-corrected chi connectivity index (χ0v) is 23.0. The van der Waals surface area contributed by atoms with Gasteiger partial charge >= 0.3 is 6.03 Å². The summed E-state index contributed by atoms with van der Waals surface area (Å²) in [6, 6.07) is 20.2. The maximum atomic E-state index is 13.1. The number of fused-ring (bicyclic) bond motifs is 1. The number of nitrogens with zero attached hydrogens (tertiary/aromatic N) is 2. The van der Waals surface area contributed by atoms with E-state index in [9.17, 15) is 4.79 Å². The van der Waals surface area contributed by atoms with E-state index in [1.54, 1.807) is 14.2 Å². The van der Waals surface area contributed by atoms with Crippen molar-refractivity contribution >= 4 is 39.8 Å². The van der Waals surface area contributed by atoms with E-state index in [1.165, 1.54) is 5.56 Å². The molecule has 0 saturated carbocycles. The van der Waals surface area contributed by atoms with Gasteiger partial charge in [-0.15, -0.1) is 0 Å². The van der Waals surface area contributed by atoms with Gasteiger partial charge in [-0.1, -0.05) is 42.5 Å². The third-order valence-corrected chi connectivity index (χ3v) is 8.41. The van der Waals surface area contributed by atoms with Crippen molar-refractivity contribution in [3.8, 4) is 11.5 Å². The van der Waals surface area contributed by atoms with Crippen LogP contribution in [0.1, 0.15) is 24.8 Å². The van der Waals surface area contributed by atoms with Gasteiger partial charge in [0.25, 0.3) is 0 Å². The number of urea groups is 1. The maximum absolute atomic E-state index is 13.1. The lowest BCUT2D eigenvalue weighted by Crippen LogP contribution is -2.47. The fraction of sp³-hybridized carbons (Fsp3) is 0.400. The molecule has 0 aliphatic carbocycles. The highest BCUT2D eigenvalue weighted by atomic mass is 32.1. The molecule has 3 aromatic rings. The lowest BCUT2D eigenvalue weighted by Gasteiger charge is -2.39. The Morgan fingerprint density at radius 1 is 0.921 bits per heavy atom. The van der Waals surface area contributed by atoms with Crippen molar-refractivity contribution < 1.29 is 14.3 Å². The van der Waals surface area contributed by atoms with Crippen LogP contribution < -0.4 is 20.1 Å². The number of methoxy groups -OCH3 is 2. The molecule has 1 spiro atoms. The average molecular weight is 533 g/mol. The minimum absolute atomic E-state index is 0.0154. The molecule has 0 aromatic heterocycles. The van der Waals surface area contributed by atoms with Crippen LogP contribution in [0.3, 0.4) is 0 Å². The molecule has 8 heteroatoms. The van der Waals surface area contributed by atoms with E-state index in [0.717, 1.165) is 91.5 Å². The van der Waals surface area contributed by atoms with Gasteiger partial charge in [0.15, 0.2) is 16.6 Å². The zero-order valence-electron chi connectivity index (χ0n) is 22.2. The number of hydrogen-bond donors (Lipinski definition) is 2. The smallest absolute Gasteiger partial charge is 0.321 e. The highest BCUT2D eigenvalue weighted by molar-refractivity contribution is 7.80. The van der Waals surface area contributed by atoms with Crippen LogP contribution in [-0.4, -0.2) is 67.9 Å². The molecule has 2 aliphatic rings. The van der Waals surface area contributed by atoms with Crippen LogP contribution in [0.4, 0.5) is 10.5 Å². The first-order valence-corrected chi connectivity index (χ1v) is 13.7. The summed E-state index contributed by atoms with van der Waals surface area (Å²) in [5.74, 6) is 1.48. The summed E-state index contributed by atoms with van der Waals surface area (Å²) in [4.78, 5) is 17.3. The first kappa shape index (κ1) is 26.1. The van der Waals surface area contributed by atoms with Crippen LogP contribution in [0.25, 0.3) is 10.8 Å². The normalized spacial score (nSPS) is 16.5. The van der Waals surface area contributed by atoms with Crippen molar-refractivity contribution in [3.63, 3.8) is 0 Å². The molecule has 3 aromatic carbocycles. The SMILES string of the molecule is COc1ccc(CCNC(=S)N2CCC3(CCN(C(=O)Nc4cccc5ccccc45)CC3)C2)cc1OC. The lowest BCUT2D eigenvalue weighted by atomic mass is 9.78. The van der Waals surface area contributed by atoms with Gasteiger partial charge < -0.3 is 29.9 Å². The van der Waals surface area contributed by atoms with E-state index in [-0.39, 0.29) is 11.4 Å². The van der Waals surface area contributed by atoms with Gasteiger partial charge in [0.2, 0.25) is 0 Å². The molecule has 0 atom stereocenters. The summed E-state index contributed by atoms with van der Waals surface area (Å²) in [5.41, 5.74) is 2.26. The molecule has 38 heavy (non-hydrogen) atoms. The first-order valence-electron chi connectivity index (χ1n) is 13.3. The summed E-state index contributed by atoms with van der Waals surface area (Å²) in [5, 5.41) is 9.59. The summed E-state index contributed by atoms with van der Waals surface area (Å²) >= 11 is 5.74. The molecular weight excluding hydrogens is 496 g/mol. The number of rotatable bonds is 6. The fourth-order valence-corrected chi connectivity index (χ4v) is 5.95. The minimum Gasteiger partial charge on any atom is -0.493 e. The van der Waals surface area contributed by atoms with Gasteiger partial charge in [0, 0.05) is 38.1 Å². The standard InChI is InChI=1S/C30H36N4O3S/c1-36-26-11-10-22(20-27(26)37-2)12-16-31-29(38)34-19-15-30(21-34)13-17-33(18-14-30)28(35)32-25-9-5-7-23-6-3-4-8-24(23)25/h3-11,20H,12-19,21H2,1-2H3,(H,31,38)(H,32,35). The van der Waals surface area contributed by atoms with E-state index in [2.05, 4.69) is 33.7 Å². The van der Waals surface area contributed by atoms with E-state index in [1.807, 2.05) is 47.4 Å². The van der Waals surface area contributed by atoms with Crippen molar-refractivity contribution in [2.24, 2.45) is 5.41 Å². The highest BCUT2D eigenvalue weighted by Gasteiger charge is 2.42. The Labute approximate surface area is 230 Å². The number of benzene rings is 3. The second-order valence-corrected chi connectivity index (χ2v) is 10.7. The maximum Gasteiger partial charge on any atom is 0.321 e. The Balaban J connectivity index is 1.09. The van der Waals surface area contributed by atoms with E-state index >= 15 is 0 Å². The van der Waals surface area contributed by atoms with Crippen LogP contribution in [0.2, 0.25) is 0 Å². The Morgan fingerprint density at radius 3 is 2.39 bits per heavy atom. The number of amides is 2. The van der Waals surface area contributed by atoms with Crippen LogP contribution in [0.5, 0.6) is 11.5 Å². The molecule has 2 saturated heterocycles. The van der Waals surface area contributed by atoms with Gasteiger partial charge in [0.05, 0.1) is 19.9 Å². The predicted molar refractivity (Wildman–Crippen MR) is 156 cm³/mol. The molecule has 5 rings (SSSR count). The van der Waals surface area contributed by atoms with Crippen LogP contribution in [0.15, 0.2) is 60.7 Å². The number of carbonyl (C=O) groups is 1. The number of carbonyl (C=O) groups excluding carboxylic acids is 1. The number of likely N-dealkylation sites (tertiary alicyclic amines) is 2. The van der Waals surface area contributed by atoms with E-state index in [0.29, 0.717) is 0 Å². The second kappa shape index (κ2) is 11.5. The van der Waals surface area contributed by atoms with Gasteiger partial charge in [-0.05, 0) is 72.5 Å². The van der Waals surface area contributed by atoms with Gasteiger partial charge in [0.1, 0.15) is 0 Å². The van der Waals surface area contributed by atoms with Crippen molar-refractivity contribution in [2.75, 3.05) is 52.3 Å². The zero-order chi connectivity index (χ0) is 26.5. The Hall–Kier alpha value is -3.52. The van der Waals surface area contributed by atoms with Crippen molar-refractivity contribution in [1.82, 2.24) is 15.1 Å². The predicted octanol–water partition coefficient (Wildman–Crippen LogP) is 5.29. The van der Waals surface area contributed by atoms with Crippen molar-refractivity contribution in [1.29, 1.82) is 0 Å². The Bertz CT molecular complexity index is 1300. The summed E-state index contributed by atoms with van der Waals surface area (Å²) < 4.78 is 10.7. The molecule has 2 N–H and O–H groups in total. The van der Waals surface area contributed by atoms with Crippen molar-refractivity contribution in [3.05, 3.63) is 66.2 Å². The van der Waals surface area contributed by atoms with Crippen molar-refractivity contribution in [2.45, 2.75) is 25.7 Å². The summed E-state index contributed by atoms with van der Waals surface area (Å²) in [6.07, 6.45) is 3.96. The minimum atomic E-state index is -0.0154. The van der Waals surface area contributed by atoms with E-state index in [4.69, 9.17) is 21.7 Å². The number of ether oxygens (including phenoxy) is 2. The second-order valence-electron chi connectivity index (χ2n) is 10.3. The quantitative estimate of drug-likeness (QED) is 0.421. The Morgan fingerprint density at radius 2 is 1.63 bits per heavy atom. The number of thiocarbonyl (C=S) groups is 1. The number of anilines is 1. The summed E-state index contributed by atoms with van der Waals surface area (Å²) in [6.45, 7) is 4.21. The number of nitrogens with one attached hydrogen (secondary N) is 2. The molecule has 7 nitrogen and oxygen atoms in total. The topological polar surface area (TPSA) is 66.1 Å². The first-order chi connectivity index (χ1) is 18.5. The average Bonchev–Trinajstić information content (AvgIpc) is 3.36. The van der Waals surface area contributed by atoms with Crippen LogP contribution in [-0.2, 0) is 6.42 Å². The third kappa shape index (κ3) is 5.65. The molecule has 0 radical (unpaired) electrons. The monoisotopic (exact) mass is 532 g/mol. The molecule has 200 valence electrons. The van der Waals surface area contributed by atoms with Crippen LogP contribution >= 0.6 is 12.2 Å². The number of hydrogen-bond acceptors (Lipinski definition) is 4. The van der Waals surface area contributed by atoms with Gasteiger partial charge in [-0.2, -0.15) is 0 Å². The summed E-state index contributed by atoms with van der Waals surface area (Å²) in [7, 11) is 3.30. The third-order valence-electron chi connectivity index (χ3n) is 8.01. The number of piperidine rings is 1. The van der Waals surface area contributed by atoms with E-state index < -0.39 is 0 Å². The van der Waals surface area contributed by atoms with Crippen LogP contribution in [0, 0.1) is 5.41 Å². The lowest BCUT2D eigenvalue weighted by molar-refractivity contribution is 0.132. The molecule has 2 fully saturated rings. The molecule has 2 amide bonds. The molecule has 2 heterocycles. The molecule has 0 unspecified atom stereocenters. The molecular formula is C30H36N4O3S.